The minimum atomic E-state index is -2.33. The average molecular weight is 1190 g/mol. The zero-order valence-electron chi connectivity index (χ0n) is 37.7. The number of rotatable bonds is 9. The number of benzene rings is 9. The molecule has 360 valence electrons. The summed E-state index contributed by atoms with van der Waals surface area (Å²) in [4.78, 5) is 0. The molecule has 0 aliphatic heterocycles. The van der Waals surface area contributed by atoms with E-state index < -0.39 is 70.3 Å². The molecule has 0 radical (unpaired) electrons. The molecule has 0 saturated carbocycles. The fourth-order valence-electron chi connectivity index (χ4n) is 7.23. The van der Waals surface area contributed by atoms with Gasteiger partial charge in [0.2, 0.25) is 0 Å². The van der Waals surface area contributed by atoms with Gasteiger partial charge in [-0.1, -0.05) is 60.7 Å². The Kier molecular flexibility index (Phi) is 20.4. The summed E-state index contributed by atoms with van der Waals surface area (Å²) in [5.74, 6) is -6.62. The van der Waals surface area contributed by atoms with Gasteiger partial charge in [0.05, 0.1) is 25.2 Å². The maximum absolute atomic E-state index is 14.3. The van der Waals surface area contributed by atoms with Crippen molar-refractivity contribution in [3.63, 3.8) is 0 Å². The van der Waals surface area contributed by atoms with Gasteiger partial charge in [0, 0.05) is 24.3 Å². The molecule has 0 atom stereocenters. The molecule has 0 spiro atoms. The van der Waals surface area contributed by atoms with E-state index in [0.717, 1.165) is 30.7 Å². The van der Waals surface area contributed by atoms with Gasteiger partial charge in [-0.3, -0.25) is 0 Å². The van der Waals surface area contributed by atoms with Gasteiger partial charge < -0.3 is 10.2 Å². The van der Waals surface area contributed by atoms with Crippen LogP contribution in [0.1, 0.15) is 5.56 Å². The van der Waals surface area contributed by atoms with E-state index in [1.165, 1.54) is 52.6 Å². The number of phenols is 2. The monoisotopic (exact) mass is 1190 g/mol. The van der Waals surface area contributed by atoms with E-state index in [1.54, 1.807) is 54.9 Å². The van der Waals surface area contributed by atoms with Gasteiger partial charge in [-0.15, -0.1) is 0 Å². The third kappa shape index (κ3) is 15.1. The average Bonchev–Trinajstić information content (AvgIpc) is 3.36. The van der Waals surface area contributed by atoms with Gasteiger partial charge in [0.1, 0.15) is 70.9 Å². The van der Waals surface area contributed by atoms with Crippen molar-refractivity contribution < 1.29 is 63.9 Å². The zero-order valence-corrected chi connectivity index (χ0v) is 43.4. The number of hydrogen-bond donors (Lipinski definition) is 2. The van der Waals surface area contributed by atoms with Crippen molar-refractivity contribution in [3.05, 3.63) is 264 Å². The van der Waals surface area contributed by atoms with Crippen LogP contribution in [0.4, 0.5) is 35.1 Å². The summed E-state index contributed by atoms with van der Waals surface area (Å²) < 4.78 is 113. The second kappa shape index (κ2) is 26.8. The van der Waals surface area contributed by atoms with E-state index in [9.17, 15) is 45.3 Å². The van der Waals surface area contributed by atoms with Gasteiger partial charge >= 0.3 is 65.2 Å². The van der Waals surface area contributed by atoms with Gasteiger partial charge in [0.25, 0.3) is 0 Å². The summed E-state index contributed by atoms with van der Waals surface area (Å²) in [7, 11) is -5.21. The van der Waals surface area contributed by atoms with Crippen LogP contribution in [0.25, 0.3) is 0 Å². The summed E-state index contributed by atoms with van der Waals surface area (Å²) in [5.41, 5.74) is 1.35. The van der Waals surface area contributed by atoms with Crippen molar-refractivity contribution >= 4 is 66.2 Å². The molecule has 0 aliphatic rings. The third-order valence-electron chi connectivity index (χ3n) is 10.7. The molecule has 0 unspecified atom stereocenters. The normalized spacial score (nSPS) is 10.6. The summed E-state index contributed by atoms with van der Waals surface area (Å²) in [5, 5.41) is 24.2. The van der Waals surface area contributed by atoms with Gasteiger partial charge in [-0.2, -0.15) is 0 Å². The minimum absolute atomic E-state index is 0.0772. The molecule has 9 aromatic rings. The first kappa shape index (κ1) is 54.1. The van der Waals surface area contributed by atoms with Crippen LogP contribution < -0.4 is 42.4 Å². The second-order valence-electron chi connectivity index (χ2n) is 15.4. The maximum atomic E-state index is 14.3. The molecular weight excluding hydrogens is 1150 g/mol. The Morgan fingerprint density at radius 1 is 0.366 bits per heavy atom. The van der Waals surface area contributed by atoms with Crippen molar-refractivity contribution in [2.24, 2.45) is 0 Å². The molecule has 0 amide bonds. The summed E-state index contributed by atoms with van der Waals surface area (Å²) in [6.07, 6.45) is 0.984. The predicted octanol–water partition coefficient (Wildman–Crippen LogP) is 11.1. The van der Waals surface area contributed by atoms with Crippen LogP contribution in [0.5, 0.6) is 11.5 Å². The van der Waals surface area contributed by atoms with E-state index in [4.69, 9.17) is 0 Å². The fraction of sp³-hybridized carbons (Fsp3) is 0.0351. The molecule has 9 aromatic carbocycles. The third-order valence-corrected chi connectivity index (χ3v) is 19.3. The van der Waals surface area contributed by atoms with E-state index in [2.05, 4.69) is 95.9 Å². The van der Waals surface area contributed by atoms with Crippen molar-refractivity contribution in [1.29, 1.82) is 0 Å². The standard InChI is InChI=1S/2C18H11F4OP.C13H13P.C8H7.Re/c2*19-11-5-7-16(13(21)9-11)24(18-4-2-1-3-15(18)23)17-8-6-12(20)10-14(17)22;1-14(12-8-4-2-5-9-12)13-10-6-3-7-11-13;1-2-8-6-4-3-5-7-8;/h2*1-10,23H;2-11H,1H3;3-7H,2H2;/p+3. The molecular formula is C57H45F8O2P3Re+3. The van der Waals surface area contributed by atoms with E-state index in [0.29, 0.717) is 34.9 Å². The number of para-hydroxylation sites is 2. The summed E-state index contributed by atoms with van der Waals surface area (Å²) in [6.45, 7) is 2.34. The molecule has 14 heteroatoms. The SMILES string of the molecule is C[PH+](c1ccccc1)c1ccccc1.Oc1ccccc1[PH+](c1ccc(F)cc1F)c1ccc(F)cc1F.Oc1ccccc1[PH+](c1ccc(F)cc1F)c1ccc(F)cc1F.[Re]#[C]Cc1ccccc1. The molecule has 0 fully saturated rings. The molecule has 0 aliphatic carbocycles. The first-order valence-corrected chi connectivity index (χ1v) is 28.1. The second-order valence-corrected chi connectivity index (χ2v) is 23.5. The number of halogens is 8. The topological polar surface area (TPSA) is 40.5 Å². The number of phenolic OH excluding ortho intramolecular Hbond substituents is 2. The zero-order chi connectivity index (χ0) is 50.9. The van der Waals surface area contributed by atoms with Gasteiger partial charge in [-0.05, 0) is 97.1 Å². The van der Waals surface area contributed by atoms with Crippen molar-refractivity contribution in [2.75, 3.05) is 6.66 Å². The number of aromatic hydroxyl groups is 2. The van der Waals surface area contributed by atoms with Crippen molar-refractivity contribution in [1.82, 2.24) is 0 Å². The molecule has 2 nitrogen and oxygen atoms in total. The summed E-state index contributed by atoms with van der Waals surface area (Å²) in [6, 6.07) is 56.3. The van der Waals surface area contributed by atoms with Crippen LogP contribution in [-0.2, 0) is 25.0 Å². The molecule has 0 saturated heterocycles. The Balaban J connectivity index is 0.000000164. The molecule has 2 N–H and O–H groups in total. The van der Waals surface area contributed by atoms with Crippen molar-refractivity contribution in [2.45, 2.75) is 6.42 Å². The van der Waals surface area contributed by atoms with Gasteiger partial charge in [-0.25, -0.2) is 35.1 Å². The van der Waals surface area contributed by atoms with Crippen LogP contribution in [0.3, 0.4) is 0 Å². The van der Waals surface area contributed by atoms with E-state index in [1.807, 2.05) is 6.07 Å². The Morgan fingerprint density at radius 2 is 0.648 bits per heavy atom. The predicted molar refractivity (Wildman–Crippen MR) is 277 cm³/mol. The Hall–Kier alpha value is -6.25. The number of hydrogen-bond acceptors (Lipinski definition) is 2. The Labute approximate surface area is 421 Å². The molecule has 0 heterocycles. The van der Waals surface area contributed by atoms with Crippen LogP contribution in [0.15, 0.2) is 212 Å². The van der Waals surface area contributed by atoms with Gasteiger partial charge in [0.15, 0.2) is 34.8 Å². The fourth-order valence-corrected chi connectivity index (χ4v) is 14.7. The first-order chi connectivity index (χ1) is 34.2. The summed E-state index contributed by atoms with van der Waals surface area (Å²) >= 11 is 1.60. The quantitative estimate of drug-likeness (QED) is 0.112. The van der Waals surface area contributed by atoms with E-state index >= 15 is 0 Å². The molecule has 9 rings (SSSR count). The first-order valence-electron chi connectivity index (χ1n) is 21.7. The molecule has 71 heavy (non-hydrogen) atoms. The van der Waals surface area contributed by atoms with Crippen LogP contribution in [0, 0.1) is 50.8 Å². The molecule has 0 aromatic heterocycles. The van der Waals surface area contributed by atoms with Crippen LogP contribution in [-0.4, -0.2) is 16.9 Å². The Morgan fingerprint density at radius 3 is 0.930 bits per heavy atom. The molecule has 0 bridgehead atoms. The van der Waals surface area contributed by atoms with Crippen molar-refractivity contribution in [3.8, 4) is 15.8 Å². The van der Waals surface area contributed by atoms with E-state index in [-0.39, 0.29) is 32.7 Å². The van der Waals surface area contributed by atoms with Crippen LogP contribution >= 0.6 is 23.8 Å². The van der Waals surface area contributed by atoms with Crippen LogP contribution in [0.2, 0.25) is 0 Å². The Bertz CT molecular complexity index is 2910.